The number of aldehydes is 1. The van der Waals surface area contributed by atoms with Gasteiger partial charge in [0.15, 0.2) is 0 Å². The van der Waals surface area contributed by atoms with E-state index >= 15 is 0 Å². The van der Waals surface area contributed by atoms with Gasteiger partial charge in [-0.2, -0.15) is 0 Å². The first-order chi connectivity index (χ1) is 7.78. The van der Waals surface area contributed by atoms with Crippen molar-refractivity contribution in [3.63, 3.8) is 0 Å². The second kappa shape index (κ2) is 3.10. The van der Waals surface area contributed by atoms with Crippen LogP contribution in [0.4, 0.5) is 0 Å². The van der Waals surface area contributed by atoms with Crippen LogP contribution in [0.1, 0.15) is 10.4 Å². The van der Waals surface area contributed by atoms with Gasteiger partial charge in [-0.15, -0.1) is 0 Å². The predicted molar refractivity (Wildman–Crippen MR) is 60.8 cm³/mol. The fourth-order valence-electron chi connectivity index (χ4n) is 1.86. The molecule has 0 saturated heterocycles. The van der Waals surface area contributed by atoms with E-state index in [0.29, 0.717) is 16.7 Å². The van der Waals surface area contributed by atoms with Crippen molar-refractivity contribution in [2.75, 3.05) is 0 Å². The zero-order valence-electron chi connectivity index (χ0n) is 8.31. The third kappa shape index (κ3) is 1.18. The average molecular weight is 212 g/mol. The fraction of sp³-hybridized carbons (Fsp3) is 0. The van der Waals surface area contributed by atoms with Gasteiger partial charge in [-0.05, 0) is 36.4 Å². The van der Waals surface area contributed by atoms with Crippen molar-refractivity contribution in [1.29, 1.82) is 0 Å². The third-order valence-electron chi connectivity index (χ3n) is 2.61. The molecule has 16 heavy (non-hydrogen) atoms. The van der Waals surface area contributed by atoms with Crippen LogP contribution in [0.25, 0.3) is 21.9 Å². The number of hydrogen-bond donors (Lipinski definition) is 1. The molecular formula is C13H8O3. The molecule has 1 aromatic heterocycles. The molecule has 0 spiro atoms. The van der Waals surface area contributed by atoms with E-state index in [9.17, 15) is 9.90 Å². The maximum Gasteiger partial charge on any atom is 0.150 e. The molecule has 3 nitrogen and oxygen atoms in total. The highest BCUT2D eigenvalue weighted by molar-refractivity contribution is 6.06. The number of furan rings is 1. The van der Waals surface area contributed by atoms with E-state index in [4.69, 9.17) is 4.42 Å². The van der Waals surface area contributed by atoms with Crippen molar-refractivity contribution in [3.05, 3.63) is 42.0 Å². The van der Waals surface area contributed by atoms with Gasteiger partial charge in [0.05, 0.1) is 0 Å². The zero-order chi connectivity index (χ0) is 11.1. The molecule has 2 aromatic carbocycles. The van der Waals surface area contributed by atoms with Gasteiger partial charge in [0.25, 0.3) is 0 Å². The molecule has 0 aliphatic heterocycles. The second-order valence-electron chi connectivity index (χ2n) is 3.66. The normalized spacial score (nSPS) is 11.0. The number of phenols is 1. The summed E-state index contributed by atoms with van der Waals surface area (Å²) in [6.07, 6.45) is 0.793. The molecule has 0 atom stereocenters. The van der Waals surface area contributed by atoms with E-state index in [1.54, 1.807) is 36.4 Å². The van der Waals surface area contributed by atoms with Crippen molar-refractivity contribution in [1.82, 2.24) is 0 Å². The van der Waals surface area contributed by atoms with Crippen LogP contribution < -0.4 is 0 Å². The van der Waals surface area contributed by atoms with Gasteiger partial charge in [0.1, 0.15) is 23.2 Å². The summed E-state index contributed by atoms with van der Waals surface area (Å²) in [4.78, 5) is 10.7. The Hall–Kier alpha value is -2.29. The smallest absolute Gasteiger partial charge is 0.150 e. The van der Waals surface area contributed by atoms with Gasteiger partial charge >= 0.3 is 0 Å². The molecule has 0 aliphatic carbocycles. The van der Waals surface area contributed by atoms with Crippen LogP contribution in [0, 0.1) is 0 Å². The number of carbonyl (C=O) groups excluding carboxylic acids is 1. The number of fused-ring (bicyclic) bond motifs is 3. The van der Waals surface area contributed by atoms with E-state index in [-0.39, 0.29) is 5.75 Å². The lowest BCUT2D eigenvalue weighted by Gasteiger charge is -1.92. The highest BCUT2D eigenvalue weighted by Crippen LogP contribution is 2.31. The van der Waals surface area contributed by atoms with E-state index < -0.39 is 0 Å². The van der Waals surface area contributed by atoms with E-state index in [0.717, 1.165) is 17.1 Å². The Morgan fingerprint density at radius 1 is 1.00 bits per heavy atom. The topological polar surface area (TPSA) is 50.4 Å². The molecular weight excluding hydrogens is 204 g/mol. The van der Waals surface area contributed by atoms with Crippen molar-refractivity contribution in [3.8, 4) is 5.75 Å². The summed E-state index contributed by atoms with van der Waals surface area (Å²) in [5, 5.41) is 11.1. The van der Waals surface area contributed by atoms with Crippen LogP contribution in [0.5, 0.6) is 5.75 Å². The monoisotopic (exact) mass is 212 g/mol. The molecule has 0 saturated carbocycles. The molecule has 0 radical (unpaired) electrons. The van der Waals surface area contributed by atoms with Gasteiger partial charge in [-0.25, -0.2) is 0 Å². The summed E-state index contributed by atoms with van der Waals surface area (Å²) in [7, 11) is 0. The number of hydrogen-bond acceptors (Lipinski definition) is 3. The first kappa shape index (κ1) is 8.97. The van der Waals surface area contributed by atoms with Crippen LogP contribution in [0.15, 0.2) is 40.8 Å². The summed E-state index contributed by atoms with van der Waals surface area (Å²) in [6.45, 7) is 0. The quantitative estimate of drug-likeness (QED) is 0.630. The Labute approximate surface area is 90.9 Å². The predicted octanol–water partition coefficient (Wildman–Crippen LogP) is 3.10. The summed E-state index contributed by atoms with van der Waals surface area (Å²) in [5.41, 5.74) is 2.01. The highest BCUT2D eigenvalue weighted by Gasteiger charge is 2.07. The molecule has 0 fully saturated rings. The minimum Gasteiger partial charge on any atom is -0.508 e. The van der Waals surface area contributed by atoms with E-state index in [1.807, 2.05) is 0 Å². The van der Waals surface area contributed by atoms with Crippen molar-refractivity contribution in [2.24, 2.45) is 0 Å². The summed E-state index contributed by atoms with van der Waals surface area (Å²) >= 11 is 0. The Balaban J connectivity index is 2.49. The van der Waals surface area contributed by atoms with Crippen molar-refractivity contribution < 1.29 is 14.3 Å². The van der Waals surface area contributed by atoms with Crippen LogP contribution in [0.2, 0.25) is 0 Å². The summed E-state index contributed by atoms with van der Waals surface area (Å²) in [6, 6.07) is 10.1. The lowest BCUT2D eigenvalue weighted by molar-refractivity contribution is 0.112. The van der Waals surface area contributed by atoms with Crippen LogP contribution >= 0.6 is 0 Å². The Bertz CT molecular complexity index is 695. The summed E-state index contributed by atoms with van der Waals surface area (Å²) in [5.74, 6) is 0.187. The molecule has 78 valence electrons. The summed E-state index contributed by atoms with van der Waals surface area (Å²) < 4.78 is 5.58. The average Bonchev–Trinajstić information content (AvgIpc) is 2.66. The Morgan fingerprint density at radius 2 is 1.69 bits per heavy atom. The van der Waals surface area contributed by atoms with Gasteiger partial charge in [-0.3, -0.25) is 4.79 Å². The van der Waals surface area contributed by atoms with Gasteiger partial charge in [0, 0.05) is 16.3 Å². The number of aromatic hydroxyl groups is 1. The number of carbonyl (C=O) groups is 1. The molecule has 1 N–H and O–H groups in total. The van der Waals surface area contributed by atoms with Crippen LogP contribution in [-0.2, 0) is 0 Å². The molecule has 3 aromatic rings. The standard InChI is InChI=1S/C13H8O3/c14-7-8-1-3-12-10(5-8)11-6-9(15)2-4-13(11)16-12/h1-7,15H. The molecule has 0 unspecified atom stereocenters. The van der Waals surface area contributed by atoms with Crippen molar-refractivity contribution in [2.45, 2.75) is 0 Å². The van der Waals surface area contributed by atoms with E-state index in [1.165, 1.54) is 0 Å². The maximum atomic E-state index is 10.7. The largest absolute Gasteiger partial charge is 0.508 e. The van der Waals surface area contributed by atoms with Gasteiger partial charge in [0.2, 0.25) is 0 Å². The molecule has 0 aliphatic rings. The SMILES string of the molecule is O=Cc1ccc2oc3ccc(O)cc3c2c1. The van der Waals surface area contributed by atoms with Crippen LogP contribution in [0.3, 0.4) is 0 Å². The maximum absolute atomic E-state index is 10.7. The van der Waals surface area contributed by atoms with Crippen LogP contribution in [-0.4, -0.2) is 11.4 Å². The van der Waals surface area contributed by atoms with E-state index in [2.05, 4.69) is 0 Å². The zero-order valence-corrected chi connectivity index (χ0v) is 8.31. The minimum absolute atomic E-state index is 0.187. The minimum atomic E-state index is 0.187. The fourth-order valence-corrected chi connectivity index (χ4v) is 1.86. The lowest BCUT2D eigenvalue weighted by Crippen LogP contribution is -1.76. The Morgan fingerprint density at radius 3 is 2.44 bits per heavy atom. The molecule has 1 heterocycles. The van der Waals surface area contributed by atoms with Gasteiger partial charge < -0.3 is 9.52 Å². The Kier molecular flexibility index (Phi) is 1.74. The third-order valence-corrected chi connectivity index (χ3v) is 2.61. The number of phenolic OH excluding ortho intramolecular Hbond substituents is 1. The number of benzene rings is 2. The second-order valence-corrected chi connectivity index (χ2v) is 3.66. The van der Waals surface area contributed by atoms with Gasteiger partial charge in [-0.1, -0.05) is 0 Å². The molecule has 0 bridgehead atoms. The number of rotatable bonds is 1. The van der Waals surface area contributed by atoms with Crippen molar-refractivity contribution >= 4 is 28.2 Å². The molecule has 0 amide bonds. The first-order valence-corrected chi connectivity index (χ1v) is 4.88. The first-order valence-electron chi connectivity index (χ1n) is 4.88. The highest BCUT2D eigenvalue weighted by atomic mass is 16.3. The molecule has 3 heteroatoms. The lowest BCUT2D eigenvalue weighted by atomic mass is 10.1. The molecule has 3 rings (SSSR count).